The van der Waals surface area contributed by atoms with Crippen molar-refractivity contribution in [2.45, 2.75) is 18.9 Å². The number of amides is 1. The van der Waals surface area contributed by atoms with E-state index >= 15 is 0 Å². The van der Waals surface area contributed by atoms with E-state index in [4.69, 9.17) is 11.6 Å². The van der Waals surface area contributed by atoms with Gasteiger partial charge in [0.05, 0.1) is 11.1 Å². The van der Waals surface area contributed by atoms with Gasteiger partial charge in [0.1, 0.15) is 5.69 Å². The summed E-state index contributed by atoms with van der Waals surface area (Å²) in [5.74, 6) is 0.00348. The number of hydrogen-bond acceptors (Lipinski definition) is 2. The lowest BCUT2D eigenvalue weighted by Gasteiger charge is -2.32. The van der Waals surface area contributed by atoms with Gasteiger partial charge < -0.3 is 9.88 Å². The summed E-state index contributed by atoms with van der Waals surface area (Å²) < 4.78 is 1.93. The summed E-state index contributed by atoms with van der Waals surface area (Å²) in [4.78, 5) is 17.1. The number of nitrogens with one attached hydrogen (secondary N) is 1. The van der Waals surface area contributed by atoms with Crippen LogP contribution in [0.1, 0.15) is 29.4 Å². The molecule has 1 fully saturated rings. The van der Waals surface area contributed by atoms with Crippen LogP contribution in [-0.2, 0) is 0 Å². The molecule has 3 heterocycles. The van der Waals surface area contributed by atoms with Gasteiger partial charge in [-0.15, -0.1) is 0 Å². The molecule has 1 amide bonds. The zero-order chi connectivity index (χ0) is 13.2. The number of H-pyrrole nitrogens is 1. The Morgan fingerprint density at radius 2 is 2.42 bits per heavy atom. The fourth-order valence-corrected chi connectivity index (χ4v) is 2.68. The lowest BCUT2D eigenvalue weighted by atomic mass is 10.1. The lowest BCUT2D eigenvalue weighted by molar-refractivity contribution is 0.0667. The van der Waals surface area contributed by atoms with Crippen LogP contribution in [0.2, 0.25) is 5.02 Å². The summed E-state index contributed by atoms with van der Waals surface area (Å²) in [7, 11) is 0. The van der Waals surface area contributed by atoms with Gasteiger partial charge in [0.15, 0.2) is 0 Å². The van der Waals surface area contributed by atoms with Gasteiger partial charge in [0.2, 0.25) is 0 Å². The van der Waals surface area contributed by atoms with E-state index in [0.717, 1.165) is 19.4 Å². The highest BCUT2D eigenvalue weighted by molar-refractivity contribution is 6.30. The lowest BCUT2D eigenvalue weighted by Crippen LogP contribution is -2.41. The fourth-order valence-electron chi connectivity index (χ4n) is 2.51. The number of rotatable bonds is 2. The Morgan fingerprint density at radius 3 is 3.11 bits per heavy atom. The number of likely N-dealkylation sites (tertiary alicyclic amines) is 1. The van der Waals surface area contributed by atoms with E-state index in [9.17, 15) is 4.79 Å². The quantitative estimate of drug-likeness (QED) is 0.917. The Hall–Kier alpha value is -1.75. The molecule has 0 spiro atoms. The molecular formula is C13H15ClN4O. The predicted octanol–water partition coefficient (Wildman–Crippen LogP) is 2.34. The Labute approximate surface area is 116 Å². The van der Waals surface area contributed by atoms with E-state index < -0.39 is 0 Å². The van der Waals surface area contributed by atoms with Crippen molar-refractivity contribution in [3.8, 4) is 0 Å². The van der Waals surface area contributed by atoms with Crippen molar-refractivity contribution in [2.75, 3.05) is 13.1 Å². The predicted molar refractivity (Wildman–Crippen MR) is 72.2 cm³/mol. The van der Waals surface area contributed by atoms with Crippen LogP contribution in [0.4, 0.5) is 0 Å². The molecule has 0 saturated carbocycles. The van der Waals surface area contributed by atoms with Crippen molar-refractivity contribution in [3.05, 3.63) is 41.4 Å². The summed E-state index contributed by atoms with van der Waals surface area (Å²) in [5, 5.41) is 4.82. The maximum absolute atomic E-state index is 12.3. The first-order chi connectivity index (χ1) is 9.24. The summed E-state index contributed by atoms with van der Waals surface area (Å²) in [6.07, 6.45) is 7.39. The van der Waals surface area contributed by atoms with Crippen LogP contribution in [0, 0.1) is 0 Å². The van der Waals surface area contributed by atoms with Gasteiger partial charge in [-0.2, -0.15) is 5.10 Å². The summed E-state index contributed by atoms with van der Waals surface area (Å²) in [6, 6.07) is 3.84. The van der Waals surface area contributed by atoms with Crippen molar-refractivity contribution < 1.29 is 4.79 Å². The van der Waals surface area contributed by atoms with Crippen LogP contribution in [0.5, 0.6) is 0 Å². The number of carbonyl (C=O) groups is 1. The monoisotopic (exact) mass is 278 g/mol. The third-order valence-electron chi connectivity index (χ3n) is 3.46. The minimum Gasteiger partial charge on any atom is -0.356 e. The van der Waals surface area contributed by atoms with Crippen LogP contribution >= 0.6 is 11.6 Å². The van der Waals surface area contributed by atoms with Crippen molar-refractivity contribution in [1.82, 2.24) is 19.7 Å². The SMILES string of the molecule is O=C(c1cc(Cl)c[nH]1)N1CCCC(n2cccn2)C1. The third-order valence-corrected chi connectivity index (χ3v) is 3.68. The van der Waals surface area contributed by atoms with Crippen LogP contribution in [0.25, 0.3) is 0 Å². The van der Waals surface area contributed by atoms with Gasteiger partial charge >= 0.3 is 0 Å². The number of piperidine rings is 1. The Bertz CT molecular complexity index is 563. The number of halogens is 1. The molecule has 1 saturated heterocycles. The Balaban J connectivity index is 1.73. The summed E-state index contributed by atoms with van der Waals surface area (Å²) in [6.45, 7) is 1.48. The Kier molecular flexibility index (Phi) is 3.29. The van der Waals surface area contributed by atoms with Crippen LogP contribution < -0.4 is 0 Å². The van der Waals surface area contributed by atoms with Gasteiger partial charge in [-0.1, -0.05) is 11.6 Å². The number of carbonyl (C=O) groups excluding carboxylic acids is 1. The largest absolute Gasteiger partial charge is 0.356 e. The van der Waals surface area contributed by atoms with E-state index in [1.165, 1.54) is 0 Å². The van der Waals surface area contributed by atoms with Gasteiger partial charge in [-0.05, 0) is 25.0 Å². The molecule has 1 aliphatic heterocycles. The molecule has 2 aromatic heterocycles. The molecule has 1 unspecified atom stereocenters. The van der Waals surface area contributed by atoms with Crippen LogP contribution in [0.3, 0.4) is 0 Å². The molecule has 19 heavy (non-hydrogen) atoms. The van der Waals surface area contributed by atoms with Crippen LogP contribution in [0.15, 0.2) is 30.7 Å². The fraction of sp³-hybridized carbons (Fsp3) is 0.385. The minimum absolute atomic E-state index is 0.00348. The van der Waals surface area contributed by atoms with Gasteiger partial charge in [0.25, 0.3) is 5.91 Å². The van der Waals surface area contributed by atoms with E-state index in [1.807, 2.05) is 21.8 Å². The zero-order valence-electron chi connectivity index (χ0n) is 10.4. The topological polar surface area (TPSA) is 53.9 Å². The summed E-state index contributed by atoms with van der Waals surface area (Å²) in [5.41, 5.74) is 0.547. The van der Waals surface area contributed by atoms with Gasteiger partial charge in [0, 0.05) is 31.7 Å². The smallest absolute Gasteiger partial charge is 0.270 e. The normalized spacial score (nSPS) is 19.6. The number of nitrogens with zero attached hydrogens (tertiary/aromatic N) is 3. The average molecular weight is 279 g/mol. The number of aromatic amines is 1. The average Bonchev–Trinajstić information content (AvgIpc) is 3.09. The molecule has 2 aromatic rings. The standard InChI is InChI=1S/C13H15ClN4O/c14-10-7-12(15-8-10)13(19)17-5-1-3-11(9-17)18-6-2-4-16-18/h2,4,6-8,11,15H,1,3,5,9H2. The highest BCUT2D eigenvalue weighted by atomic mass is 35.5. The molecule has 5 nitrogen and oxygen atoms in total. The molecule has 3 rings (SSSR count). The highest BCUT2D eigenvalue weighted by Crippen LogP contribution is 2.22. The Morgan fingerprint density at radius 1 is 1.53 bits per heavy atom. The molecule has 0 aromatic carbocycles. The van der Waals surface area contributed by atoms with Crippen molar-refractivity contribution >= 4 is 17.5 Å². The second-order valence-corrected chi connectivity index (χ2v) is 5.20. The van der Waals surface area contributed by atoms with Crippen molar-refractivity contribution in [1.29, 1.82) is 0 Å². The first-order valence-electron chi connectivity index (χ1n) is 6.36. The minimum atomic E-state index is 0.00348. The van der Waals surface area contributed by atoms with Crippen molar-refractivity contribution in [3.63, 3.8) is 0 Å². The molecular weight excluding hydrogens is 264 g/mol. The molecule has 0 bridgehead atoms. The molecule has 0 aliphatic carbocycles. The molecule has 1 atom stereocenters. The summed E-state index contributed by atoms with van der Waals surface area (Å²) >= 11 is 5.84. The third kappa shape index (κ3) is 2.51. The first kappa shape index (κ1) is 12.3. The molecule has 1 aliphatic rings. The van der Waals surface area contributed by atoms with E-state index in [2.05, 4.69) is 10.1 Å². The van der Waals surface area contributed by atoms with Crippen LogP contribution in [-0.4, -0.2) is 38.7 Å². The number of hydrogen-bond donors (Lipinski definition) is 1. The zero-order valence-corrected chi connectivity index (χ0v) is 11.2. The second-order valence-electron chi connectivity index (χ2n) is 4.76. The number of aromatic nitrogens is 3. The molecule has 100 valence electrons. The highest BCUT2D eigenvalue weighted by Gasteiger charge is 2.26. The molecule has 0 radical (unpaired) electrons. The van der Waals surface area contributed by atoms with Crippen molar-refractivity contribution in [2.24, 2.45) is 0 Å². The maximum atomic E-state index is 12.3. The van der Waals surface area contributed by atoms with E-state index in [-0.39, 0.29) is 11.9 Å². The first-order valence-corrected chi connectivity index (χ1v) is 6.74. The second kappa shape index (κ2) is 5.09. The van der Waals surface area contributed by atoms with E-state index in [1.54, 1.807) is 18.5 Å². The van der Waals surface area contributed by atoms with E-state index in [0.29, 0.717) is 17.3 Å². The molecule has 6 heteroatoms. The van der Waals surface area contributed by atoms with Gasteiger partial charge in [-0.25, -0.2) is 0 Å². The maximum Gasteiger partial charge on any atom is 0.270 e. The van der Waals surface area contributed by atoms with Gasteiger partial charge in [-0.3, -0.25) is 9.48 Å². The molecule has 1 N–H and O–H groups in total.